The van der Waals surface area contributed by atoms with Crippen molar-refractivity contribution in [3.8, 4) is 11.5 Å². The number of carbonyl (C=O) groups excluding carboxylic acids is 1. The van der Waals surface area contributed by atoms with Crippen molar-refractivity contribution >= 4 is 45.0 Å². The standard InChI is InChI=1S/C17H18ClN3O5S2/c18-12-8-15-16(26-4-3-25-15)9-13(12)20-17(22)14-7-11(10-19-14)28(23,24)21-1-5-27-6-2-21/h7-10,19H,1-6H2,(H,20,22). The van der Waals surface area contributed by atoms with E-state index in [-0.39, 0.29) is 10.6 Å². The average Bonchev–Trinajstić information content (AvgIpc) is 3.20. The van der Waals surface area contributed by atoms with Gasteiger partial charge in [-0.05, 0) is 6.07 Å². The van der Waals surface area contributed by atoms with E-state index in [0.717, 1.165) is 11.5 Å². The van der Waals surface area contributed by atoms with Crippen LogP contribution in [0.25, 0.3) is 0 Å². The molecule has 0 bridgehead atoms. The van der Waals surface area contributed by atoms with Crippen LogP contribution >= 0.6 is 23.4 Å². The molecular weight excluding hydrogens is 426 g/mol. The van der Waals surface area contributed by atoms with E-state index < -0.39 is 15.9 Å². The molecule has 2 aliphatic heterocycles. The number of H-pyrrole nitrogens is 1. The summed E-state index contributed by atoms with van der Waals surface area (Å²) in [6, 6.07) is 4.49. The molecule has 0 aliphatic carbocycles. The predicted molar refractivity (Wildman–Crippen MR) is 107 cm³/mol. The normalized spacial score (nSPS) is 17.3. The molecule has 2 aliphatic rings. The van der Waals surface area contributed by atoms with Crippen molar-refractivity contribution < 1.29 is 22.7 Å². The summed E-state index contributed by atoms with van der Waals surface area (Å²) in [6.07, 6.45) is 1.33. The molecule has 0 saturated carbocycles. The number of hydrogen-bond acceptors (Lipinski definition) is 6. The summed E-state index contributed by atoms with van der Waals surface area (Å²) < 4.78 is 37.8. The van der Waals surface area contributed by atoms with E-state index in [1.165, 1.54) is 16.6 Å². The Labute approximate surface area is 171 Å². The maximum absolute atomic E-state index is 12.7. The number of ether oxygens (including phenoxy) is 2. The summed E-state index contributed by atoms with van der Waals surface area (Å²) in [5.41, 5.74) is 0.471. The Bertz CT molecular complexity index is 1000. The highest BCUT2D eigenvalue weighted by molar-refractivity contribution is 7.99. The molecule has 1 aromatic carbocycles. The lowest BCUT2D eigenvalue weighted by Crippen LogP contribution is -2.37. The first kappa shape index (κ1) is 19.4. The van der Waals surface area contributed by atoms with Crippen molar-refractivity contribution in [2.75, 3.05) is 43.1 Å². The van der Waals surface area contributed by atoms with Crippen molar-refractivity contribution in [1.29, 1.82) is 0 Å². The van der Waals surface area contributed by atoms with Crippen molar-refractivity contribution in [3.63, 3.8) is 0 Å². The maximum atomic E-state index is 12.7. The molecule has 0 radical (unpaired) electrons. The number of fused-ring (bicyclic) bond motifs is 1. The number of anilines is 1. The second-order valence-electron chi connectivity index (χ2n) is 6.20. The van der Waals surface area contributed by atoms with E-state index in [1.807, 2.05) is 0 Å². The van der Waals surface area contributed by atoms with E-state index >= 15 is 0 Å². The van der Waals surface area contributed by atoms with Gasteiger partial charge in [-0.3, -0.25) is 4.79 Å². The van der Waals surface area contributed by atoms with Crippen LogP contribution in [0.15, 0.2) is 29.3 Å². The number of aromatic nitrogens is 1. The van der Waals surface area contributed by atoms with Gasteiger partial charge in [0.05, 0.1) is 10.7 Å². The summed E-state index contributed by atoms with van der Waals surface area (Å²) in [4.78, 5) is 15.4. The highest BCUT2D eigenvalue weighted by Crippen LogP contribution is 2.38. The zero-order valence-corrected chi connectivity index (χ0v) is 17.1. The van der Waals surface area contributed by atoms with E-state index in [1.54, 1.807) is 23.9 Å². The van der Waals surface area contributed by atoms with Gasteiger partial charge in [-0.25, -0.2) is 8.42 Å². The number of nitrogens with zero attached hydrogens (tertiary/aromatic N) is 1. The van der Waals surface area contributed by atoms with Crippen LogP contribution in [0.2, 0.25) is 5.02 Å². The molecule has 0 spiro atoms. The fourth-order valence-corrected chi connectivity index (χ4v) is 5.71. The topological polar surface area (TPSA) is 101 Å². The van der Waals surface area contributed by atoms with Crippen LogP contribution in [0.1, 0.15) is 10.5 Å². The van der Waals surface area contributed by atoms with Crippen molar-refractivity contribution in [1.82, 2.24) is 9.29 Å². The molecule has 1 amide bonds. The summed E-state index contributed by atoms with van der Waals surface area (Å²) in [6.45, 7) is 1.78. The van der Waals surface area contributed by atoms with Gasteiger partial charge in [-0.1, -0.05) is 11.6 Å². The number of thioether (sulfide) groups is 1. The summed E-state index contributed by atoms with van der Waals surface area (Å²) >= 11 is 7.93. The van der Waals surface area contributed by atoms with Crippen LogP contribution in [0.3, 0.4) is 0 Å². The molecule has 150 valence electrons. The number of hydrogen-bond donors (Lipinski definition) is 2. The van der Waals surface area contributed by atoms with E-state index in [2.05, 4.69) is 10.3 Å². The van der Waals surface area contributed by atoms with Gasteiger partial charge in [-0.15, -0.1) is 0 Å². The number of nitrogens with one attached hydrogen (secondary N) is 2. The lowest BCUT2D eigenvalue weighted by atomic mass is 10.2. The Balaban J connectivity index is 1.52. The largest absolute Gasteiger partial charge is 0.486 e. The molecule has 28 heavy (non-hydrogen) atoms. The van der Waals surface area contributed by atoms with Crippen molar-refractivity contribution in [2.45, 2.75) is 4.90 Å². The van der Waals surface area contributed by atoms with E-state index in [4.69, 9.17) is 21.1 Å². The Morgan fingerprint density at radius 3 is 2.54 bits per heavy atom. The number of benzene rings is 1. The molecule has 4 rings (SSSR count). The minimum atomic E-state index is -3.62. The van der Waals surface area contributed by atoms with Gasteiger partial charge in [0.15, 0.2) is 11.5 Å². The predicted octanol–water partition coefficient (Wildman–Crippen LogP) is 2.43. The number of aromatic amines is 1. The fraction of sp³-hybridized carbons (Fsp3) is 0.353. The zero-order valence-electron chi connectivity index (χ0n) is 14.7. The first-order valence-electron chi connectivity index (χ1n) is 8.62. The fourth-order valence-electron chi connectivity index (χ4n) is 2.94. The molecule has 3 heterocycles. The maximum Gasteiger partial charge on any atom is 0.272 e. The molecule has 2 aromatic rings. The Kier molecular flexibility index (Phi) is 5.46. The number of carbonyl (C=O) groups is 1. The summed E-state index contributed by atoms with van der Waals surface area (Å²) in [5.74, 6) is 2.03. The molecule has 1 fully saturated rings. The molecule has 2 N–H and O–H groups in total. The number of rotatable bonds is 4. The molecular formula is C17H18ClN3O5S2. The first-order valence-corrected chi connectivity index (χ1v) is 11.6. The molecule has 8 nitrogen and oxygen atoms in total. The van der Waals surface area contributed by atoms with Crippen LogP contribution in [0, 0.1) is 0 Å². The molecule has 1 saturated heterocycles. The quantitative estimate of drug-likeness (QED) is 0.752. The van der Waals surface area contributed by atoms with Crippen LogP contribution in [-0.4, -0.2) is 61.4 Å². The lowest BCUT2D eigenvalue weighted by Gasteiger charge is -2.24. The molecule has 0 atom stereocenters. The van der Waals surface area contributed by atoms with Crippen molar-refractivity contribution in [3.05, 3.63) is 35.1 Å². The lowest BCUT2D eigenvalue weighted by molar-refractivity contribution is 0.102. The average molecular weight is 444 g/mol. The van der Waals surface area contributed by atoms with Gasteiger partial charge in [0.2, 0.25) is 10.0 Å². The van der Waals surface area contributed by atoms with Crippen molar-refractivity contribution in [2.24, 2.45) is 0 Å². The Hall–Kier alpha value is -1.88. The zero-order chi connectivity index (χ0) is 19.7. The smallest absolute Gasteiger partial charge is 0.272 e. The minimum absolute atomic E-state index is 0.0674. The molecule has 0 unspecified atom stereocenters. The third-order valence-corrected chi connectivity index (χ3v) is 7.52. The first-order chi connectivity index (χ1) is 13.4. The summed E-state index contributed by atoms with van der Waals surface area (Å²) in [5, 5.41) is 2.97. The van der Waals surface area contributed by atoms with Gasteiger partial charge in [0.1, 0.15) is 23.8 Å². The highest BCUT2D eigenvalue weighted by atomic mass is 35.5. The Morgan fingerprint density at radius 1 is 1.14 bits per heavy atom. The second kappa shape index (κ2) is 7.86. The van der Waals surface area contributed by atoms with Crippen LogP contribution < -0.4 is 14.8 Å². The van der Waals surface area contributed by atoms with Gasteiger partial charge >= 0.3 is 0 Å². The highest BCUT2D eigenvalue weighted by Gasteiger charge is 2.28. The number of sulfonamides is 1. The SMILES string of the molecule is O=C(Nc1cc2c(cc1Cl)OCCO2)c1cc(S(=O)(=O)N2CCSCC2)c[nH]1. The van der Waals surface area contributed by atoms with E-state index in [9.17, 15) is 13.2 Å². The summed E-state index contributed by atoms with van der Waals surface area (Å²) in [7, 11) is -3.62. The van der Waals surface area contributed by atoms with Gasteiger partial charge in [-0.2, -0.15) is 16.1 Å². The third-order valence-electron chi connectivity index (χ3n) is 4.39. The molecule has 1 aromatic heterocycles. The minimum Gasteiger partial charge on any atom is -0.486 e. The number of amides is 1. The van der Waals surface area contributed by atoms with Crippen LogP contribution in [-0.2, 0) is 10.0 Å². The second-order valence-corrected chi connectivity index (χ2v) is 9.77. The van der Waals surface area contributed by atoms with Gasteiger partial charge < -0.3 is 19.8 Å². The van der Waals surface area contributed by atoms with Crippen LogP contribution in [0.5, 0.6) is 11.5 Å². The third kappa shape index (κ3) is 3.82. The Morgan fingerprint density at radius 2 is 1.82 bits per heavy atom. The monoisotopic (exact) mass is 443 g/mol. The van der Waals surface area contributed by atoms with E-state index in [0.29, 0.717) is 48.5 Å². The van der Waals surface area contributed by atoms with Gasteiger partial charge in [0.25, 0.3) is 5.91 Å². The van der Waals surface area contributed by atoms with Crippen LogP contribution in [0.4, 0.5) is 5.69 Å². The van der Waals surface area contributed by atoms with Gasteiger partial charge in [0, 0.05) is 42.9 Å². The molecule has 11 heteroatoms. The number of halogens is 1.